The third kappa shape index (κ3) is 5.31. The fraction of sp³-hybridized carbons (Fsp3) is 0.350. The van der Waals surface area contributed by atoms with Gasteiger partial charge in [0.2, 0.25) is 20.0 Å². The van der Waals surface area contributed by atoms with Gasteiger partial charge >= 0.3 is 0 Å². The lowest BCUT2D eigenvalue weighted by Crippen LogP contribution is -2.48. The standard InChI is InChI=1S/C20H25N3O6S2/c1-14-12-23(13-15(2)29-14)31(27,28)19-6-4-5-16(11-19)20(24)22-17-7-9-18(10-8-17)30(25,26)21-3/h4-11,14-15,21H,12-13H2,1-3H3,(H,22,24)/t14-,15+. The fourth-order valence-corrected chi connectivity index (χ4v) is 5.68. The molecule has 1 fully saturated rings. The van der Waals surface area contributed by atoms with Crippen LogP contribution < -0.4 is 10.0 Å². The fourth-order valence-electron chi connectivity index (χ4n) is 3.31. The second kappa shape index (κ2) is 9.05. The summed E-state index contributed by atoms with van der Waals surface area (Å²) in [6.45, 7) is 4.11. The summed E-state index contributed by atoms with van der Waals surface area (Å²) in [7, 11) is -6.05. The largest absolute Gasteiger partial charge is 0.373 e. The first-order valence-corrected chi connectivity index (χ1v) is 12.6. The maximum absolute atomic E-state index is 13.0. The Morgan fingerprint density at radius 3 is 2.16 bits per heavy atom. The van der Waals surface area contributed by atoms with E-state index in [0.717, 1.165) is 0 Å². The van der Waals surface area contributed by atoms with Gasteiger partial charge < -0.3 is 10.1 Å². The summed E-state index contributed by atoms with van der Waals surface area (Å²) in [5.74, 6) is -0.509. The van der Waals surface area contributed by atoms with Crippen LogP contribution in [0.25, 0.3) is 0 Å². The maximum atomic E-state index is 13.0. The molecule has 31 heavy (non-hydrogen) atoms. The van der Waals surface area contributed by atoms with Crippen molar-refractivity contribution >= 4 is 31.6 Å². The molecule has 1 saturated heterocycles. The molecule has 0 aliphatic carbocycles. The number of nitrogens with one attached hydrogen (secondary N) is 2. The highest BCUT2D eigenvalue weighted by atomic mass is 32.2. The van der Waals surface area contributed by atoms with Crippen LogP contribution >= 0.6 is 0 Å². The molecular formula is C20H25N3O6S2. The van der Waals surface area contributed by atoms with Crippen LogP contribution in [-0.4, -0.2) is 59.4 Å². The van der Waals surface area contributed by atoms with E-state index >= 15 is 0 Å². The van der Waals surface area contributed by atoms with Gasteiger partial charge in [-0.2, -0.15) is 4.31 Å². The lowest BCUT2D eigenvalue weighted by molar-refractivity contribution is -0.0440. The van der Waals surface area contributed by atoms with Crippen molar-refractivity contribution in [2.24, 2.45) is 0 Å². The van der Waals surface area contributed by atoms with Crippen molar-refractivity contribution in [1.29, 1.82) is 0 Å². The Balaban J connectivity index is 1.79. The minimum atomic E-state index is -3.78. The van der Waals surface area contributed by atoms with Gasteiger partial charge in [0.05, 0.1) is 22.0 Å². The van der Waals surface area contributed by atoms with Gasteiger partial charge in [-0.15, -0.1) is 0 Å². The summed E-state index contributed by atoms with van der Waals surface area (Å²) in [5, 5.41) is 2.64. The summed E-state index contributed by atoms with van der Waals surface area (Å²) in [6, 6.07) is 11.4. The van der Waals surface area contributed by atoms with Gasteiger partial charge in [-0.05, 0) is 63.4 Å². The van der Waals surface area contributed by atoms with Crippen molar-refractivity contribution in [3.8, 4) is 0 Å². The monoisotopic (exact) mass is 467 g/mol. The number of morpholine rings is 1. The molecule has 1 amide bonds. The third-order valence-corrected chi connectivity index (χ3v) is 8.07. The van der Waals surface area contributed by atoms with Crippen LogP contribution in [0.5, 0.6) is 0 Å². The van der Waals surface area contributed by atoms with Crippen LogP contribution in [0.3, 0.4) is 0 Å². The summed E-state index contributed by atoms with van der Waals surface area (Å²) < 4.78 is 58.9. The molecule has 9 nitrogen and oxygen atoms in total. The molecule has 0 spiro atoms. The minimum Gasteiger partial charge on any atom is -0.373 e. The van der Waals surface area contributed by atoms with Crippen LogP contribution in [0.4, 0.5) is 5.69 Å². The van der Waals surface area contributed by atoms with Gasteiger partial charge in [0.25, 0.3) is 5.91 Å². The zero-order valence-corrected chi connectivity index (χ0v) is 19.0. The first-order valence-electron chi connectivity index (χ1n) is 9.63. The molecular weight excluding hydrogens is 442 g/mol. The van der Waals surface area contributed by atoms with Crippen molar-refractivity contribution in [2.75, 3.05) is 25.5 Å². The summed E-state index contributed by atoms with van der Waals surface area (Å²) >= 11 is 0. The first-order chi connectivity index (χ1) is 14.5. The molecule has 2 aromatic carbocycles. The molecule has 0 unspecified atom stereocenters. The lowest BCUT2D eigenvalue weighted by atomic mass is 10.2. The number of carbonyl (C=O) groups excluding carboxylic acids is 1. The van der Waals surface area contributed by atoms with E-state index in [1.165, 1.54) is 59.9 Å². The van der Waals surface area contributed by atoms with E-state index in [9.17, 15) is 21.6 Å². The quantitative estimate of drug-likeness (QED) is 0.666. The molecule has 2 aromatic rings. The van der Waals surface area contributed by atoms with E-state index in [4.69, 9.17) is 4.74 Å². The number of rotatable bonds is 6. The lowest BCUT2D eigenvalue weighted by Gasteiger charge is -2.34. The first kappa shape index (κ1) is 23.4. The second-order valence-electron chi connectivity index (χ2n) is 7.29. The summed E-state index contributed by atoms with van der Waals surface area (Å²) in [6.07, 6.45) is -0.445. The highest BCUT2D eigenvalue weighted by molar-refractivity contribution is 7.89. The van der Waals surface area contributed by atoms with Crippen molar-refractivity contribution in [3.63, 3.8) is 0 Å². The molecule has 11 heteroatoms. The van der Waals surface area contributed by atoms with Gasteiger partial charge in [0.1, 0.15) is 0 Å². The molecule has 2 N–H and O–H groups in total. The Morgan fingerprint density at radius 2 is 1.58 bits per heavy atom. The van der Waals surface area contributed by atoms with E-state index in [2.05, 4.69) is 10.0 Å². The Bertz CT molecular complexity index is 1150. The zero-order chi connectivity index (χ0) is 22.8. The zero-order valence-electron chi connectivity index (χ0n) is 17.4. The molecule has 0 saturated carbocycles. The van der Waals surface area contributed by atoms with Crippen LogP contribution in [0.2, 0.25) is 0 Å². The van der Waals surface area contributed by atoms with E-state index in [1.807, 2.05) is 13.8 Å². The Hall–Kier alpha value is -2.31. The number of ether oxygens (including phenoxy) is 1. The maximum Gasteiger partial charge on any atom is 0.255 e. The number of nitrogens with zero attached hydrogens (tertiary/aromatic N) is 1. The van der Waals surface area contributed by atoms with Crippen LogP contribution in [0.15, 0.2) is 58.3 Å². The molecule has 2 atom stereocenters. The second-order valence-corrected chi connectivity index (χ2v) is 11.1. The van der Waals surface area contributed by atoms with Gasteiger partial charge in [0.15, 0.2) is 0 Å². The van der Waals surface area contributed by atoms with Crippen molar-refractivity contribution in [3.05, 3.63) is 54.1 Å². The number of benzene rings is 2. The smallest absolute Gasteiger partial charge is 0.255 e. The Kier molecular flexibility index (Phi) is 6.82. The topological polar surface area (TPSA) is 122 Å². The minimum absolute atomic E-state index is 0.0249. The van der Waals surface area contributed by atoms with Crippen LogP contribution in [0.1, 0.15) is 24.2 Å². The summed E-state index contributed by atoms with van der Waals surface area (Å²) in [5.41, 5.74) is 0.548. The van der Waals surface area contributed by atoms with Crippen LogP contribution in [-0.2, 0) is 24.8 Å². The average molecular weight is 468 g/mol. The number of sulfonamides is 2. The molecule has 168 valence electrons. The van der Waals surface area contributed by atoms with Gasteiger partial charge in [-0.3, -0.25) is 4.79 Å². The van der Waals surface area contributed by atoms with Crippen LogP contribution in [0, 0.1) is 0 Å². The molecule has 0 aromatic heterocycles. The van der Waals surface area contributed by atoms with Gasteiger partial charge in [0, 0.05) is 24.3 Å². The Morgan fingerprint density at radius 1 is 0.968 bits per heavy atom. The molecule has 1 aliphatic heterocycles. The number of hydrogen-bond acceptors (Lipinski definition) is 6. The van der Waals surface area contributed by atoms with E-state index in [1.54, 1.807) is 0 Å². The van der Waals surface area contributed by atoms with E-state index in [0.29, 0.717) is 5.69 Å². The number of hydrogen-bond donors (Lipinski definition) is 2. The highest BCUT2D eigenvalue weighted by Crippen LogP contribution is 2.22. The molecule has 1 heterocycles. The Labute approximate surface area is 182 Å². The number of anilines is 1. The van der Waals surface area contributed by atoms with E-state index in [-0.39, 0.29) is 40.7 Å². The molecule has 3 rings (SSSR count). The van der Waals surface area contributed by atoms with Crippen molar-refractivity contribution < 1.29 is 26.4 Å². The average Bonchev–Trinajstić information content (AvgIpc) is 2.73. The highest BCUT2D eigenvalue weighted by Gasteiger charge is 2.32. The summed E-state index contributed by atoms with van der Waals surface area (Å²) in [4.78, 5) is 12.7. The number of amides is 1. The number of carbonyl (C=O) groups is 1. The van der Waals surface area contributed by atoms with Gasteiger partial charge in [-0.25, -0.2) is 21.6 Å². The normalized spacial score (nSPS) is 20.4. The van der Waals surface area contributed by atoms with Crippen molar-refractivity contribution in [1.82, 2.24) is 9.03 Å². The third-order valence-electron chi connectivity index (χ3n) is 4.81. The van der Waals surface area contributed by atoms with E-state index < -0.39 is 26.0 Å². The molecule has 0 radical (unpaired) electrons. The molecule has 0 bridgehead atoms. The van der Waals surface area contributed by atoms with Crippen molar-refractivity contribution in [2.45, 2.75) is 35.8 Å². The predicted octanol–water partition coefficient (Wildman–Crippen LogP) is 1.64. The molecule has 1 aliphatic rings. The van der Waals surface area contributed by atoms with Gasteiger partial charge in [-0.1, -0.05) is 6.07 Å². The SMILES string of the molecule is CNS(=O)(=O)c1ccc(NC(=O)c2cccc(S(=O)(=O)N3C[C@@H](C)O[C@@H](C)C3)c2)cc1. The predicted molar refractivity (Wildman–Crippen MR) is 116 cm³/mol.